The van der Waals surface area contributed by atoms with Gasteiger partial charge in [-0.2, -0.15) is 0 Å². The van der Waals surface area contributed by atoms with Crippen molar-refractivity contribution in [3.63, 3.8) is 0 Å². The molecule has 3 rings (SSSR count). The third-order valence-corrected chi connectivity index (χ3v) is 4.38. The van der Waals surface area contributed by atoms with Crippen molar-refractivity contribution in [1.29, 1.82) is 0 Å². The van der Waals surface area contributed by atoms with E-state index in [-0.39, 0.29) is 0 Å². The van der Waals surface area contributed by atoms with Gasteiger partial charge >= 0.3 is 0 Å². The van der Waals surface area contributed by atoms with Gasteiger partial charge in [-0.05, 0) is 33.6 Å². The fraction of sp³-hybridized carbons (Fsp3) is 0.533. The molecule has 0 atom stereocenters. The van der Waals surface area contributed by atoms with E-state index in [1.807, 2.05) is 6.92 Å². The van der Waals surface area contributed by atoms with E-state index in [9.17, 15) is 0 Å². The maximum atomic E-state index is 4.71. The van der Waals surface area contributed by atoms with E-state index in [1.54, 1.807) is 11.3 Å². The first-order valence-corrected chi connectivity index (χ1v) is 8.32. The Balaban J connectivity index is 1.81. The highest BCUT2D eigenvalue weighted by Crippen LogP contribution is 2.39. The summed E-state index contributed by atoms with van der Waals surface area (Å²) >= 11 is 1.68. The van der Waals surface area contributed by atoms with E-state index in [0.29, 0.717) is 12.5 Å². The molecule has 2 heterocycles. The molecule has 2 aromatic rings. The van der Waals surface area contributed by atoms with E-state index < -0.39 is 0 Å². The molecule has 1 aliphatic rings. The Morgan fingerprint density at radius 1 is 1.14 bits per heavy atom. The minimum atomic E-state index is 0.546. The fourth-order valence-electron chi connectivity index (χ4n) is 2.23. The lowest BCUT2D eigenvalue weighted by Gasteiger charge is -2.14. The van der Waals surface area contributed by atoms with Gasteiger partial charge in [0.2, 0.25) is 0 Å². The Morgan fingerprint density at radius 2 is 1.86 bits per heavy atom. The molecule has 0 unspecified atom stereocenters. The number of aromatic nitrogens is 3. The maximum absolute atomic E-state index is 4.71. The van der Waals surface area contributed by atoms with Gasteiger partial charge in [-0.25, -0.2) is 15.0 Å². The van der Waals surface area contributed by atoms with E-state index >= 15 is 0 Å². The third kappa shape index (κ3) is 3.32. The smallest absolute Gasteiger partial charge is 0.136 e. The molecule has 0 radical (unpaired) electrons. The maximum Gasteiger partial charge on any atom is 0.136 e. The van der Waals surface area contributed by atoms with Crippen molar-refractivity contribution >= 4 is 23.0 Å². The summed E-state index contributed by atoms with van der Waals surface area (Å²) in [6.45, 7) is 7.75. The second-order valence-electron chi connectivity index (χ2n) is 5.42. The van der Waals surface area contributed by atoms with E-state index in [0.717, 1.165) is 40.3 Å². The van der Waals surface area contributed by atoms with E-state index in [1.165, 1.54) is 12.8 Å². The van der Waals surface area contributed by atoms with Gasteiger partial charge in [0.05, 0.1) is 17.2 Å². The van der Waals surface area contributed by atoms with Crippen molar-refractivity contribution in [2.24, 2.45) is 0 Å². The third-order valence-electron chi connectivity index (χ3n) is 3.55. The average Bonchev–Trinajstić information content (AvgIpc) is 3.23. The molecule has 0 spiro atoms. The van der Waals surface area contributed by atoms with Crippen molar-refractivity contribution in [2.45, 2.75) is 46.1 Å². The van der Waals surface area contributed by atoms with Gasteiger partial charge in [0.25, 0.3) is 0 Å². The fourth-order valence-corrected chi connectivity index (χ4v) is 2.85. The number of nitrogens with zero attached hydrogens (tertiary/aromatic N) is 3. The molecule has 0 bridgehead atoms. The van der Waals surface area contributed by atoms with Crippen LogP contribution >= 0.6 is 11.3 Å². The standard InChI is InChI=1S/C15H21N5S/c1-4-16-13-9(2)14(20-15(19-13)11-5-6-11)17-7-12-8-21-10(3)18-12/h8,11H,4-7H2,1-3H3,(H2,16,17,19,20). The second-order valence-corrected chi connectivity index (χ2v) is 6.48. The second kappa shape index (κ2) is 5.97. The monoisotopic (exact) mass is 303 g/mol. The molecule has 1 fully saturated rings. The van der Waals surface area contributed by atoms with Gasteiger partial charge in [-0.15, -0.1) is 11.3 Å². The van der Waals surface area contributed by atoms with Crippen molar-refractivity contribution < 1.29 is 0 Å². The summed E-state index contributed by atoms with van der Waals surface area (Å²) in [6.07, 6.45) is 2.42. The molecule has 0 amide bonds. The average molecular weight is 303 g/mol. The Morgan fingerprint density at radius 3 is 2.43 bits per heavy atom. The Kier molecular flexibility index (Phi) is 4.05. The summed E-state index contributed by atoms with van der Waals surface area (Å²) in [5, 5.41) is 9.94. The first kappa shape index (κ1) is 14.3. The highest BCUT2D eigenvalue weighted by Gasteiger charge is 2.28. The quantitative estimate of drug-likeness (QED) is 0.855. The molecular weight excluding hydrogens is 282 g/mol. The van der Waals surface area contributed by atoms with Crippen LogP contribution in [0, 0.1) is 13.8 Å². The van der Waals surface area contributed by atoms with Crippen LogP contribution in [-0.4, -0.2) is 21.5 Å². The topological polar surface area (TPSA) is 62.7 Å². The summed E-state index contributed by atoms with van der Waals surface area (Å²) in [5.41, 5.74) is 2.14. The van der Waals surface area contributed by atoms with Crippen molar-refractivity contribution in [3.8, 4) is 0 Å². The molecule has 0 aromatic carbocycles. The zero-order valence-corrected chi connectivity index (χ0v) is 13.5. The number of thiazole rings is 1. The van der Waals surface area contributed by atoms with Crippen LogP contribution in [0.2, 0.25) is 0 Å². The minimum Gasteiger partial charge on any atom is -0.370 e. The van der Waals surface area contributed by atoms with Gasteiger partial charge < -0.3 is 10.6 Å². The highest BCUT2D eigenvalue weighted by atomic mass is 32.1. The van der Waals surface area contributed by atoms with Crippen LogP contribution in [0.5, 0.6) is 0 Å². The molecule has 1 aliphatic carbocycles. The van der Waals surface area contributed by atoms with Crippen molar-refractivity contribution in [2.75, 3.05) is 17.2 Å². The van der Waals surface area contributed by atoms with Gasteiger partial charge in [-0.3, -0.25) is 0 Å². The molecule has 2 N–H and O–H groups in total. The Labute approximate surface area is 129 Å². The normalized spacial score (nSPS) is 14.2. The number of hydrogen-bond acceptors (Lipinski definition) is 6. The summed E-state index contributed by atoms with van der Waals surface area (Å²) in [5.74, 6) is 3.39. The lowest BCUT2D eigenvalue weighted by molar-refractivity contribution is 0.905. The van der Waals surface area contributed by atoms with Gasteiger partial charge in [-0.1, -0.05) is 0 Å². The molecule has 0 aliphatic heterocycles. The molecular formula is C15H21N5S. The van der Waals surface area contributed by atoms with Crippen LogP contribution in [-0.2, 0) is 6.54 Å². The van der Waals surface area contributed by atoms with Crippen LogP contribution in [0.3, 0.4) is 0 Å². The molecule has 5 nitrogen and oxygen atoms in total. The molecule has 6 heteroatoms. The number of anilines is 2. The first-order chi connectivity index (χ1) is 10.2. The first-order valence-electron chi connectivity index (χ1n) is 7.44. The summed E-state index contributed by atoms with van der Waals surface area (Å²) < 4.78 is 0. The van der Waals surface area contributed by atoms with Crippen LogP contribution in [0.15, 0.2) is 5.38 Å². The van der Waals surface area contributed by atoms with Gasteiger partial charge in [0.15, 0.2) is 0 Å². The molecule has 112 valence electrons. The largest absolute Gasteiger partial charge is 0.370 e. The predicted molar refractivity (Wildman–Crippen MR) is 87.1 cm³/mol. The van der Waals surface area contributed by atoms with Crippen LogP contribution in [0.1, 0.15) is 47.8 Å². The SMILES string of the molecule is CCNc1nc(C2CC2)nc(NCc2csc(C)n2)c1C. The lowest BCUT2D eigenvalue weighted by Crippen LogP contribution is -2.11. The number of hydrogen-bond donors (Lipinski definition) is 2. The number of aryl methyl sites for hydroxylation is 1. The summed E-state index contributed by atoms with van der Waals surface area (Å²) in [7, 11) is 0. The number of rotatable bonds is 6. The molecule has 21 heavy (non-hydrogen) atoms. The van der Waals surface area contributed by atoms with Crippen molar-refractivity contribution in [1.82, 2.24) is 15.0 Å². The minimum absolute atomic E-state index is 0.546. The molecule has 1 saturated carbocycles. The predicted octanol–water partition coefficient (Wildman–Crippen LogP) is 3.47. The highest BCUT2D eigenvalue weighted by molar-refractivity contribution is 7.09. The van der Waals surface area contributed by atoms with Crippen molar-refractivity contribution in [3.05, 3.63) is 27.5 Å². The van der Waals surface area contributed by atoms with Gasteiger partial charge in [0, 0.05) is 23.4 Å². The molecule has 2 aromatic heterocycles. The number of nitrogens with one attached hydrogen (secondary N) is 2. The molecule has 0 saturated heterocycles. The Hall–Kier alpha value is -1.69. The lowest BCUT2D eigenvalue weighted by atomic mass is 10.2. The van der Waals surface area contributed by atoms with E-state index in [4.69, 9.17) is 4.98 Å². The summed E-state index contributed by atoms with van der Waals surface area (Å²) in [6, 6.07) is 0. The van der Waals surface area contributed by atoms with E-state index in [2.05, 4.69) is 39.8 Å². The van der Waals surface area contributed by atoms with Crippen LogP contribution in [0.4, 0.5) is 11.6 Å². The van der Waals surface area contributed by atoms with Gasteiger partial charge in [0.1, 0.15) is 17.5 Å². The van der Waals surface area contributed by atoms with Crippen LogP contribution < -0.4 is 10.6 Å². The Bertz CT molecular complexity index is 633. The van der Waals surface area contributed by atoms with Crippen LogP contribution in [0.25, 0.3) is 0 Å². The zero-order chi connectivity index (χ0) is 14.8. The summed E-state index contributed by atoms with van der Waals surface area (Å²) in [4.78, 5) is 13.9. The zero-order valence-electron chi connectivity index (χ0n) is 12.7.